The first kappa shape index (κ1) is 44.8. The molecule has 5 heterocycles. The van der Waals surface area contributed by atoms with Gasteiger partial charge in [-0.05, 0) is 120 Å². The topological polar surface area (TPSA) is 115 Å². The normalized spacial score (nSPS) is 25.7. The number of nitrogens with one attached hydrogen (secondary N) is 1. The van der Waals surface area contributed by atoms with Gasteiger partial charge in [-0.15, -0.1) is 0 Å². The molecule has 5 aliphatic heterocycles. The summed E-state index contributed by atoms with van der Waals surface area (Å²) in [5.74, 6) is 0.334. The summed E-state index contributed by atoms with van der Waals surface area (Å²) < 4.78 is 13.0. The number of benzene rings is 3. The van der Waals surface area contributed by atoms with Crippen molar-refractivity contribution in [3.63, 3.8) is 0 Å². The molecule has 2 spiro atoms. The van der Waals surface area contributed by atoms with Gasteiger partial charge in [-0.3, -0.25) is 19.3 Å². The van der Waals surface area contributed by atoms with E-state index in [0.29, 0.717) is 32.6 Å². The standard InChI is InChI=1S/C51H67N5O6Si/c1-35(2)13-11-14-36(3)24-30-54-44-23-18-39(55-34-56(38-15-9-8-10-16-38)50(48(55)59)25-27-52-28-26-50)31-43(44)51(49(54)60)37(4)47(63(6,7)42-21-19-41(61-5)20-22-42)45(62-51)32-46(58)53-29-12-17-40(53)33-57/h8-10,13,15-16,18-24,31,37,40,45,47,52,57H,11-12,14,17,25-30,32-34H2,1-7H3/b36-24+/t37-,40+,45+,47-,51+/m1/s1. The Balaban J connectivity index is 1.24. The molecule has 4 fully saturated rings. The maximum atomic E-state index is 15.7. The van der Waals surface area contributed by atoms with E-state index in [0.717, 1.165) is 67.1 Å². The largest absolute Gasteiger partial charge is 0.497 e. The number of carbonyl (C=O) groups excluding carboxylic acids is 3. The van der Waals surface area contributed by atoms with Gasteiger partial charge in [-0.25, -0.2) is 0 Å². The fourth-order valence-electron chi connectivity index (χ4n) is 11.6. The van der Waals surface area contributed by atoms with Crippen LogP contribution in [0.3, 0.4) is 0 Å². The maximum absolute atomic E-state index is 15.7. The summed E-state index contributed by atoms with van der Waals surface area (Å²) in [5, 5.41) is 14.9. The number of likely N-dealkylation sites (tertiary alicyclic amines) is 1. The highest BCUT2D eigenvalue weighted by atomic mass is 28.3. The van der Waals surface area contributed by atoms with Crippen molar-refractivity contribution < 1.29 is 29.0 Å². The molecule has 5 aliphatic rings. The van der Waals surface area contributed by atoms with Crippen LogP contribution in [0.2, 0.25) is 18.6 Å². The third kappa shape index (κ3) is 7.95. The van der Waals surface area contributed by atoms with E-state index in [-0.39, 0.29) is 48.3 Å². The minimum absolute atomic E-state index is 0.0486. The molecule has 4 saturated heterocycles. The number of amides is 3. The Morgan fingerprint density at radius 3 is 2.38 bits per heavy atom. The third-order valence-corrected chi connectivity index (χ3v) is 19.4. The lowest BCUT2D eigenvalue weighted by Gasteiger charge is -2.39. The zero-order chi connectivity index (χ0) is 44.7. The summed E-state index contributed by atoms with van der Waals surface area (Å²) in [5.41, 5.74) is 3.52. The fraction of sp³-hybridized carbons (Fsp3) is 0.510. The quantitative estimate of drug-likeness (QED) is 0.136. The van der Waals surface area contributed by atoms with E-state index in [2.05, 4.69) is 93.5 Å². The van der Waals surface area contributed by atoms with Gasteiger partial charge in [0, 0.05) is 35.9 Å². The molecule has 8 rings (SSSR count). The molecule has 0 saturated carbocycles. The number of aliphatic hydroxyl groups excluding tert-OH is 1. The first-order valence-electron chi connectivity index (χ1n) is 23.1. The number of hydrogen-bond donors (Lipinski definition) is 2. The smallest absolute Gasteiger partial charge is 0.264 e. The molecule has 0 radical (unpaired) electrons. The molecule has 0 bridgehead atoms. The van der Waals surface area contributed by atoms with Gasteiger partial charge in [0.25, 0.3) is 11.8 Å². The number of piperidine rings is 1. The van der Waals surface area contributed by atoms with Gasteiger partial charge >= 0.3 is 0 Å². The minimum atomic E-state index is -2.56. The van der Waals surface area contributed by atoms with Gasteiger partial charge in [-0.2, -0.15) is 0 Å². The maximum Gasteiger partial charge on any atom is 0.264 e. The van der Waals surface area contributed by atoms with E-state index < -0.39 is 25.3 Å². The Hall–Kier alpha value is -4.75. The lowest BCUT2D eigenvalue weighted by molar-refractivity contribution is -0.149. The summed E-state index contributed by atoms with van der Waals surface area (Å²) in [6.07, 6.45) is 8.75. The summed E-state index contributed by atoms with van der Waals surface area (Å²) in [6.45, 7) is 15.9. The van der Waals surface area contributed by atoms with Gasteiger partial charge in [0.15, 0.2) is 5.60 Å². The molecule has 336 valence electrons. The van der Waals surface area contributed by atoms with Crippen LogP contribution < -0.4 is 29.9 Å². The van der Waals surface area contributed by atoms with Crippen LogP contribution in [0.4, 0.5) is 17.1 Å². The Bertz CT molecular complexity index is 2240. The average Bonchev–Trinajstić information content (AvgIpc) is 4.02. The van der Waals surface area contributed by atoms with Crippen LogP contribution in [-0.2, 0) is 24.7 Å². The second-order valence-electron chi connectivity index (χ2n) is 19.3. The summed E-state index contributed by atoms with van der Waals surface area (Å²) in [6, 6.07) is 24.3. The molecular formula is C51H67N5O6Si. The predicted octanol–water partition coefficient (Wildman–Crippen LogP) is 7.26. The van der Waals surface area contributed by atoms with Crippen molar-refractivity contribution in [2.45, 2.75) is 115 Å². The molecule has 0 aliphatic carbocycles. The molecule has 0 aromatic heterocycles. The number of carbonyl (C=O) groups is 3. The minimum Gasteiger partial charge on any atom is -0.497 e. The summed E-state index contributed by atoms with van der Waals surface area (Å²) in [4.78, 5) is 53.0. The SMILES string of the molecule is COc1ccc([Si](C)(C)[C@H]2[C@H](CC(=O)N3CCC[C@H]3CO)O[C@@]3(C(=O)N(C/C=C(\C)CCC=C(C)C)c4ccc(N5CN(c6ccccc6)C6(CCNCC6)C5=O)cc43)[C@@H]2C)cc1. The Morgan fingerprint density at radius 2 is 1.70 bits per heavy atom. The van der Waals surface area contributed by atoms with Crippen molar-refractivity contribution in [3.8, 4) is 5.75 Å². The highest BCUT2D eigenvalue weighted by Gasteiger charge is 2.67. The molecule has 2 N–H and O–H groups in total. The monoisotopic (exact) mass is 873 g/mol. The van der Waals surface area contributed by atoms with E-state index in [1.54, 1.807) is 7.11 Å². The molecule has 5 atom stereocenters. The average molecular weight is 874 g/mol. The van der Waals surface area contributed by atoms with Gasteiger partial charge < -0.3 is 34.6 Å². The molecule has 63 heavy (non-hydrogen) atoms. The second-order valence-corrected chi connectivity index (χ2v) is 24.0. The number of nitrogens with zero attached hydrogens (tertiary/aromatic N) is 4. The third-order valence-electron chi connectivity index (χ3n) is 15.1. The van der Waals surface area contributed by atoms with Crippen molar-refractivity contribution in [1.82, 2.24) is 10.2 Å². The van der Waals surface area contributed by atoms with Crippen LogP contribution in [0.15, 0.2) is 96.1 Å². The van der Waals surface area contributed by atoms with E-state index in [4.69, 9.17) is 9.47 Å². The summed E-state index contributed by atoms with van der Waals surface area (Å²) >= 11 is 0. The Kier molecular flexibility index (Phi) is 12.8. The number of methoxy groups -OCH3 is 1. The first-order chi connectivity index (χ1) is 30.3. The zero-order valence-corrected chi connectivity index (χ0v) is 39.4. The number of hydrogen-bond acceptors (Lipinski definition) is 8. The number of ether oxygens (including phenoxy) is 2. The van der Waals surface area contributed by atoms with Crippen molar-refractivity contribution in [2.75, 3.05) is 61.3 Å². The van der Waals surface area contributed by atoms with Gasteiger partial charge in [0.2, 0.25) is 5.91 Å². The lowest BCUT2D eigenvalue weighted by atomic mass is 9.82. The molecule has 0 unspecified atom stereocenters. The summed E-state index contributed by atoms with van der Waals surface area (Å²) in [7, 11) is -0.892. The molecule has 11 nitrogen and oxygen atoms in total. The van der Waals surface area contributed by atoms with Gasteiger partial charge in [-0.1, -0.05) is 78.8 Å². The molecular weight excluding hydrogens is 807 g/mol. The molecule has 3 aromatic carbocycles. The van der Waals surface area contributed by atoms with Crippen LogP contribution in [-0.4, -0.2) is 100 Å². The number of anilines is 3. The van der Waals surface area contributed by atoms with Crippen LogP contribution >= 0.6 is 0 Å². The zero-order valence-electron chi connectivity index (χ0n) is 38.4. The van der Waals surface area contributed by atoms with Gasteiger partial charge in [0.1, 0.15) is 11.3 Å². The Morgan fingerprint density at radius 1 is 0.968 bits per heavy atom. The van der Waals surface area contributed by atoms with Crippen molar-refractivity contribution >= 4 is 48.0 Å². The number of rotatable bonds is 13. The lowest BCUT2D eigenvalue weighted by Crippen LogP contribution is -2.55. The molecule has 3 aromatic rings. The highest BCUT2D eigenvalue weighted by molar-refractivity contribution is 6.91. The molecule has 3 amide bonds. The van der Waals surface area contributed by atoms with E-state index >= 15 is 4.79 Å². The van der Waals surface area contributed by atoms with Crippen LogP contribution in [0.25, 0.3) is 0 Å². The fourth-order valence-corrected chi connectivity index (χ4v) is 15.6. The number of para-hydroxylation sites is 1. The van der Waals surface area contributed by atoms with Crippen LogP contribution in [0.1, 0.15) is 78.2 Å². The number of fused-ring (bicyclic) bond motifs is 2. The number of allylic oxidation sites excluding steroid dienone is 3. The Labute approximate surface area is 375 Å². The van der Waals surface area contributed by atoms with Crippen LogP contribution in [0.5, 0.6) is 5.75 Å². The van der Waals surface area contributed by atoms with Crippen molar-refractivity contribution in [2.24, 2.45) is 5.92 Å². The highest BCUT2D eigenvalue weighted by Crippen LogP contribution is 2.60. The number of aliphatic hydroxyl groups is 1. The van der Waals surface area contributed by atoms with Crippen molar-refractivity contribution in [1.29, 1.82) is 0 Å². The van der Waals surface area contributed by atoms with Gasteiger partial charge in [0.05, 0.1) is 52.7 Å². The first-order valence-corrected chi connectivity index (χ1v) is 26.2. The predicted molar refractivity (Wildman–Crippen MR) is 253 cm³/mol. The van der Waals surface area contributed by atoms with E-state index in [1.165, 1.54) is 16.3 Å². The van der Waals surface area contributed by atoms with E-state index in [1.807, 2.05) is 57.2 Å². The van der Waals surface area contributed by atoms with Crippen LogP contribution in [0, 0.1) is 5.92 Å². The van der Waals surface area contributed by atoms with E-state index in [9.17, 15) is 14.7 Å². The second kappa shape index (κ2) is 18.0. The molecule has 12 heteroatoms. The van der Waals surface area contributed by atoms with Crippen molar-refractivity contribution in [3.05, 3.63) is 102 Å².